The van der Waals surface area contributed by atoms with Gasteiger partial charge < -0.3 is 9.47 Å². The third-order valence-corrected chi connectivity index (χ3v) is 3.30. The SMILES string of the molecule is CCCOc1ccc(/C=N/Nc2cn[nH]c(=O)c2Cl)cc1OCC. The summed E-state index contributed by atoms with van der Waals surface area (Å²) >= 11 is 5.85. The minimum Gasteiger partial charge on any atom is -0.490 e. The van der Waals surface area contributed by atoms with E-state index in [9.17, 15) is 4.79 Å². The molecule has 0 fully saturated rings. The molecule has 0 atom stereocenters. The number of halogens is 1. The van der Waals surface area contributed by atoms with Crippen molar-refractivity contribution in [1.82, 2.24) is 10.2 Å². The fourth-order valence-corrected chi connectivity index (χ4v) is 1.98. The molecule has 8 heteroatoms. The summed E-state index contributed by atoms with van der Waals surface area (Å²) in [6, 6.07) is 5.53. The Morgan fingerprint density at radius 3 is 2.92 bits per heavy atom. The van der Waals surface area contributed by atoms with Gasteiger partial charge in [-0.25, -0.2) is 5.10 Å². The molecule has 24 heavy (non-hydrogen) atoms. The van der Waals surface area contributed by atoms with E-state index >= 15 is 0 Å². The number of H-pyrrole nitrogens is 1. The molecule has 1 heterocycles. The average Bonchev–Trinajstić information content (AvgIpc) is 2.58. The van der Waals surface area contributed by atoms with Crippen molar-refractivity contribution < 1.29 is 9.47 Å². The van der Waals surface area contributed by atoms with E-state index in [1.54, 1.807) is 6.21 Å². The number of hydrogen-bond donors (Lipinski definition) is 2. The van der Waals surface area contributed by atoms with Gasteiger partial charge >= 0.3 is 0 Å². The van der Waals surface area contributed by atoms with E-state index in [1.165, 1.54) is 6.20 Å². The largest absolute Gasteiger partial charge is 0.490 e. The molecule has 0 saturated carbocycles. The van der Waals surface area contributed by atoms with Crippen LogP contribution < -0.4 is 20.5 Å². The lowest BCUT2D eigenvalue weighted by Crippen LogP contribution is -2.10. The summed E-state index contributed by atoms with van der Waals surface area (Å²) in [4.78, 5) is 11.3. The molecule has 2 N–H and O–H groups in total. The monoisotopic (exact) mass is 350 g/mol. The zero-order valence-electron chi connectivity index (χ0n) is 13.5. The van der Waals surface area contributed by atoms with Crippen LogP contribution in [0.2, 0.25) is 5.02 Å². The van der Waals surface area contributed by atoms with Crippen LogP contribution in [-0.4, -0.2) is 29.6 Å². The van der Waals surface area contributed by atoms with Crippen LogP contribution in [-0.2, 0) is 0 Å². The highest BCUT2D eigenvalue weighted by Crippen LogP contribution is 2.28. The number of ether oxygens (including phenoxy) is 2. The predicted octanol–water partition coefficient (Wildman–Crippen LogP) is 3.06. The molecule has 0 saturated heterocycles. The first-order valence-electron chi connectivity index (χ1n) is 7.57. The van der Waals surface area contributed by atoms with Gasteiger partial charge in [-0.3, -0.25) is 10.2 Å². The fraction of sp³-hybridized carbons (Fsp3) is 0.312. The van der Waals surface area contributed by atoms with E-state index < -0.39 is 5.56 Å². The molecule has 0 aliphatic carbocycles. The summed E-state index contributed by atoms with van der Waals surface area (Å²) in [6.45, 7) is 5.12. The Bertz CT molecular complexity index is 761. The first kappa shape index (κ1) is 17.8. The van der Waals surface area contributed by atoms with Crippen LogP contribution in [0.4, 0.5) is 5.69 Å². The lowest BCUT2D eigenvalue weighted by atomic mass is 10.2. The molecule has 0 aliphatic heterocycles. The van der Waals surface area contributed by atoms with Crippen LogP contribution in [0.1, 0.15) is 25.8 Å². The predicted molar refractivity (Wildman–Crippen MR) is 94.5 cm³/mol. The quantitative estimate of drug-likeness (QED) is 0.564. The topological polar surface area (TPSA) is 88.6 Å². The number of hydrazone groups is 1. The molecule has 0 spiro atoms. The zero-order valence-corrected chi connectivity index (χ0v) is 14.3. The van der Waals surface area contributed by atoms with Crippen molar-refractivity contribution in [2.75, 3.05) is 18.6 Å². The van der Waals surface area contributed by atoms with E-state index in [0.717, 1.165) is 12.0 Å². The third kappa shape index (κ3) is 4.73. The van der Waals surface area contributed by atoms with Crippen LogP contribution in [0.3, 0.4) is 0 Å². The van der Waals surface area contributed by atoms with Crippen LogP contribution in [0.5, 0.6) is 11.5 Å². The maximum atomic E-state index is 11.3. The van der Waals surface area contributed by atoms with Crippen molar-refractivity contribution in [2.24, 2.45) is 5.10 Å². The Hall–Kier alpha value is -2.54. The average molecular weight is 351 g/mol. The second kappa shape index (κ2) is 8.93. The number of nitrogens with one attached hydrogen (secondary N) is 2. The summed E-state index contributed by atoms with van der Waals surface area (Å²) in [6.07, 6.45) is 3.89. The first-order chi connectivity index (χ1) is 11.7. The fourth-order valence-electron chi connectivity index (χ4n) is 1.84. The van der Waals surface area contributed by atoms with Gasteiger partial charge in [0, 0.05) is 0 Å². The molecule has 1 aromatic heterocycles. The van der Waals surface area contributed by atoms with Gasteiger partial charge in [0.2, 0.25) is 0 Å². The third-order valence-electron chi connectivity index (χ3n) is 2.92. The van der Waals surface area contributed by atoms with Gasteiger partial charge in [0.15, 0.2) is 11.5 Å². The van der Waals surface area contributed by atoms with Crippen molar-refractivity contribution in [3.8, 4) is 11.5 Å². The smallest absolute Gasteiger partial charge is 0.285 e. The highest BCUT2D eigenvalue weighted by atomic mass is 35.5. The van der Waals surface area contributed by atoms with Gasteiger partial charge in [0.1, 0.15) is 10.7 Å². The molecule has 0 unspecified atom stereocenters. The van der Waals surface area contributed by atoms with Crippen LogP contribution in [0, 0.1) is 0 Å². The maximum absolute atomic E-state index is 11.3. The molecule has 0 bridgehead atoms. The summed E-state index contributed by atoms with van der Waals surface area (Å²) in [5.74, 6) is 1.36. The van der Waals surface area contributed by atoms with Crippen LogP contribution in [0.25, 0.3) is 0 Å². The van der Waals surface area contributed by atoms with Crippen molar-refractivity contribution in [1.29, 1.82) is 0 Å². The van der Waals surface area contributed by atoms with Gasteiger partial charge in [-0.05, 0) is 37.1 Å². The molecule has 128 valence electrons. The minimum atomic E-state index is -0.479. The molecular formula is C16H19ClN4O3. The zero-order chi connectivity index (χ0) is 17.4. The summed E-state index contributed by atoms with van der Waals surface area (Å²) < 4.78 is 11.2. The van der Waals surface area contributed by atoms with E-state index in [-0.39, 0.29) is 5.02 Å². The Morgan fingerprint density at radius 1 is 1.33 bits per heavy atom. The highest BCUT2D eigenvalue weighted by Gasteiger charge is 2.06. The van der Waals surface area contributed by atoms with E-state index in [2.05, 4.69) is 20.7 Å². The number of aromatic amines is 1. The van der Waals surface area contributed by atoms with Crippen molar-refractivity contribution in [3.63, 3.8) is 0 Å². The van der Waals surface area contributed by atoms with Crippen molar-refractivity contribution in [2.45, 2.75) is 20.3 Å². The first-order valence-corrected chi connectivity index (χ1v) is 7.95. The molecule has 2 rings (SSSR count). The number of rotatable bonds is 8. The normalized spacial score (nSPS) is 10.8. The molecule has 0 aliphatic rings. The van der Waals surface area contributed by atoms with Gasteiger partial charge in [-0.1, -0.05) is 18.5 Å². The van der Waals surface area contributed by atoms with Gasteiger partial charge in [-0.15, -0.1) is 0 Å². The van der Waals surface area contributed by atoms with Gasteiger partial charge in [0.05, 0.1) is 25.6 Å². The van der Waals surface area contributed by atoms with Crippen molar-refractivity contribution in [3.05, 3.63) is 45.3 Å². The number of hydrogen-bond acceptors (Lipinski definition) is 6. The second-order valence-electron chi connectivity index (χ2n) is 4.78. The standard InChI is InChI=1S/C16H19ClN4O3/c1-3-7-24-13-6-5-11(8-14(13)23-4-2)9-18-20-12-10-19-21-16(22)15(12)17/h5-6,8-10H,3-4,7H2,1-2H3,(H2,20,21,22)/b18-9+. The van der Waals surface area contributed by atoms with E-state index in [4.69, 9.17) is 21.1 Å². The van der Waals surface area contributed by atoms with E-state index in [0.29, 0.717) is 30.4 Å². The van der Waals surface area contributed by atoms with Gasteiger partial charge in [-0.2, -0.15) is 10.2 Å². The molecule has 2 aromatic rings. The number of aromatic nitrogens is 2. The van der Waals surface area contributed by atoms with Crippen LogP contribution >= 0.6 is 11.6 Å². The second-order valence-corrected chi connectivity index (χ2v) is 5.16. The molecule has 0 amide bonds. The summed E-state index contributed by atoms with van der Waals surface area (Å²) in [7, 11) is 0. The summed E-state index contributed by atoms with van der Waals surface area (Å²) in [5, 5.41) is 9.95. The molecule has 1 aromatic carbocycles. The number of anilines is 1. The molecule has 0 radical (unpaired) electrons. The molecular weight excluding hydrogens is 332 g/mol. The van der Waals surface area contributed by atoms with Crippen molar-refractivity contribution >= 4 is 23.5 Å². The van der Waals surface area contributed by atoms with Gasteiger partial charge in [0.25, 0.3) is 5.56 Å². The minimum absolute atomic E-state index is 0.000434. The Balaban J connectivity index is 2.12. The number of benzene rings is 1. The number of nitrogens with zero attached hydrogens (tertiary/aromatic N) is 2. The Labute approximate surface area is 144 Å². The molecule has 7 nitrogen and oxygen atoms in total. The Kier molecular flexibility index (Phi) is 6.62. The van der Waals surface area contributed by atoms with E-state index in [1.807, 2.05) is 32.0 Å². The Morgan fingerprint density at radius 2 is 2.17 bits per heavy atom. The lowest BCUT2D eigenvalue weighted by Gasteiger charge is -2.11. The lowest BCUT2D eigenvalue weighted by molar-refractivity contribution is 0.277. The van der Waals surface area contributed by atoms with Crippen LogP contribution in [0.15, 0.2) is 34.3 Å². The summed E-state index contributed by atoms with van der Waals surface area (Å²) in [5.41, 5.74) is 3.34. The highest BCUT2D eigenvalue weighted by molar-refractivity contribution is 6.32. The maximum Gasteiger partial charge on any atom is 0.285 e.